The monoisotopic (exact) mass is 329 g/mol. The van der Waals surface area contributed by atoms with Gasteiger partial charge in [0.15, 0.2) is 5.79 Å². The van der Waals surface area contributed by atoms with E-state index in [0.717, 1.165) is 35.5 Å². The standard InChI is InChI=1S/C19H20ClNO2/c20-15-11-9-14(10-12-15)18-17-8-4-5-13-19(17,22)23-21(18)16-6-2-1-3-7-16/h1-3,6-7,9-12,17-18,22H,4-5,8,13H2/t17-,18+,19+/m0/s1. The lowest BCUT2D eigenvalue weighted by Gasteiger charge is -2.32. The normalized spacial score (nSPS) is 30.3. The molecule has 1 N–H and O–H groups in total. The molecular formula is C19H20ClNO2. The molecule has 3 atom stereocenters. The van der Waals surface area contributed by atoms with E-state index in [1.54, 1.807) is 0 Å². The van der Waals surface area contributed by atoms with E-state index in [1.165, 1.54) is 0 Å². The maximum Gasteiger partial charge on any atom is 0.196 e. The van der Waals surface area contributed by atoms with Gasteiger partial charge >= 0.3 is 0 Å². The number of hydrogen-bond acceptors (Lipinski definition) is 3. The number of para-hydroxylation sites is 1. The summed E-state index contributed by atoms with van der Waals surface area (Å²) in [6, 6.07) is 17.9. The van der Waals surface area contributed by atoms with Gasteiger partial charge in [0, 0.05) is 17.4 Å². The van der Waals surface area contributed by atoms with Gasteiger partial charge in [0.2, 0.25) is 0 Å². The SMILES string of the molecule is O[C@@]12CCCC[C@H]1[C@@H](c1ccc(Cl)cc1)N(c1ccccc1)O2. The van der Waals surface area contributed by atoms with Gasteiger partial charge in [-0.25, -0.2) is 9.90 Å². The summed E-state index contributed by atoms with van der Waals surface area (Å²) in [6.07, 6.45) is 3.78. The first-order valence-corrected chi connectivity index (χ1v) is 8.56. The van der Waals surface area contributed by atoms with Crippen molar-refractivity contribution in [3.63, 3.8) is 0 Å². The molecule has 0 spiro atoms. The number of nitrogens with zero attached hydrogens (tertiary/aromatic N) is 1. The third-order valence-corrected chi connectivity index (χ3v) is 5.24. The fraction of sp³-hybridized carbons (Fsp3) is 0.368. The highest BCUT2D eigenvalue weighted by atomic mass is 35.5. The Kier molecular flexibility index (Phi) is 3.80. The van der Waals surface area contributed by atoms with E-state index in [9.17, 15) is 5.11 Å². The van der Waals surface area contributed by atoms with Crippen molar-refractivity contribution in [2.75, 3.05) is 5.06 Å². The first kappa shape index (κ1) is 15.0. The first-order valence-electron chi connectivity index (χ1n) is 8.19. The lowest BCUT2D eigenvalue weighted by molar-refractivity contribution is -0.214. The predicted octanol–water partition coefficient (Wildman–Crippen LogP) is 4.71. The molecule has 0 unspecified atom stereocenters. The van der Waals surface area contributed by atoms with E-state index in [-0.39, 0.29) is 12.0 Å². The summed E-state index contributed by atoms with van der Waals surface area (Å²) in [5, 5.41) is 13.6. The minimum absolute atomic E-state index is 0.0000309. The van der Waals surface area contributed by atoms with Crippen molar-refractivity contribution < 1.29 is 9.94 Å². The number of aliphatic hydroxyl groups is 1. The zero-order valence-corrected chi connectivity index (χ0v) is 13.6. The summed E-state index contributed by atoms with van der Waals surface area (Å²) in [5.74, 6) is -1.00. The van der Waals surface area contributed by atoms with Gasteiger partial charge in [0.05, 0.1) is 11.7 Å². The van der Waals surface area contributed by atoms with Gasteiger partial charge in [0.25, 0.3) is 0 Å². The lowest BCUT2D eigenvalue weighted by Crippen LogP contribution is -2.39. The van der Waals surface area contributed by atoms with Crippen LogP contribution in [0.2, 0.25) is 5.02 Å². The van der Waals surface area contributed by atoms with Gasteiger partial charge in [0.1, 0.15) is 0 Å². The summed E-state index contributed by atoms with van der Waals surface area (Å²) in [7, 11) is 0. The van der Waals surface area contributed by atoms with Crippen LogP contribution in [0.5, 0.6) is 0 Å². The molecule has 2 aromatic rings. The van der Waals surface area contributed by atoms with E-state index in [4.69, 9.17) is 16.4 Å². The van der Waals surface area contributed by atoms with Crippen LogP contribution in [0.3, 0.4) is 0 Å². The maximum atomic E-state index is 11.0. The number of halogens is 1. The molecule has 0 bridgehead atoms. The number of rotatable bonds is 2. The van der Waals surface area contributed by atoms with Crippen LogP contribution >= 0.6 is 11.6 Å². The van der Waals surface area contributed by atoms with Gasteiger partial charge < -0.3 is 5.11 Å². The Morgan fingerprint density at radius 1 is 1.04 bits per heavy atom. The van der Waals surface area contributed by atoms with E-state index in [0.29, 0.717) is 6.42 Å². The highest BCUT2D eigenvalue weighted by Gasteiger charge is 2.55. The molecule has 0 aromatic heterocycles. The third-order valence-electron chi connectivity index (χ3n) is 4.99. The molecule has 1 saturated carbocycles. The van der Waals surface area contributed by atoms with Crippen LogP contribution < -0.4 is 5.06 Å². The van der Waals surface area contributed by atoms with Gasteiger partial charge in [-0.2, -0.15) is 0 Å². The molecule has 120 valence electrons. The Morgan fingerprint density at radius 3 is 2.52 bits per heavy atom. The second kappa shape index (κ2) is 5.82. The number of hydroxylamine groups is 1. The molecule has 0 radical (unpaired) electrons. The van der Waals surface area contributed by atoms with Gasteiger partial charge in [-0.3, -0.25) is 0 Å². The van der Waals surface area contributed by atoms with Crippen LogP contribution in [-0.2, 0) is 4.84 Å². The number of fused-ring (bicyclic) bond motifs is 1. The highest BCUT2D eigenvalue weighted by molar-refractivity contribution is 6.30. The Labute approximate surface area is 141 Å². The van der Waals surface area contributed by atoms with E-state index >= 15 is 0 Å². The van der Waals surface area contributed by atoms with Crippen molar-refractivity contribution in [1.82, 2.24) is 0 Å². The van der Waals surface area contributed by atoms with Gasteiger partial charge in [-0.05, 0) is 42.7 Å². The first-order chi connectivity index (χ1) is 11.2. The molecule has 4 rings (SSSR count). The zero-order chi connectivity index (χ0) is 15.9. The fourth-order valence-corrected chi connectivity index (χ4v) is 4.00. The van der Waals surface area contributed by atoms with Gasteiger partial charge in [-0.15, -0.1) is 0 Å². The van der Waals surface area contributed by atoms with Crippen molar-refractivity contribution in [3.05, 3.63) is 65.2 Å². The summed E-state index contributed by atoms with van der Waals surface area (Å²) in [4.78, 5) is 6.09. The Hall–Kier alpha value is -1.55. The molecule has 23 heavy (non-hydrogen) atoms. The predicted molar refractivity (Wildman–Crippen MR) is 91.1 cm³/mol. The molecule has 2 fully saturated rings. The molecular weight excluding hydrogens is 310 g/mol. The van der Waals surface area contributed by atoms with Crippen LogP contribution in [-0.4, -0.2) is 10.9 Å². The molecule has 4 heteroatoms. The zero-order valence-electron chi connectivity index (χ0n) is 12.9. The molecule has 3 nitrogen and oxygen atoms in total. The van der Waals surface area contributed by atoms with Crippen LogP contribution in [0.15, 0.2) is 54.6 Å². The third kappa shape index (κ3) is 2.63. The minimum Gasteiger partial charge on any atom is -0.363 e. The Balaban J connectivity index is 1.78. The summed E-state index contributed by atoms with van der Waals surface area (Å²) in [6.45, 7) is 0. The van der Waals surface area contributed by atoms with Crippen LogP contribution in [0, 0.1) is 5.92 Å². The minimum atomic E-state index is -1.07. The van der Waals surface area contributed by atoms with Crippen molar-refractivity contribution in [2.45, 2.75) is 37.5 Å². The summed E-state index contributed by atoms with van der Waals surface area (Å²) in [5.41, 5.74) is 2.09. The van der Waals surface area contributed by atoms with Crippen molar-refractivity contribution in [3.8, 4) is 0 Å². The molecule has 0 amide bonds. The smallest absolute Gasteiger partial charge is 0.196 e. The number of anilines is 1. The van der Waals surface area contributed by atoms with Gasteiger partial charge in [-0.1, -0.05) is 48.4 Å². The molecule has 1 aliphatic heterocycles. The summed E-state index contributed by atoms with van der Waals surface area (Å²) < 4.78 is 0. The van der Waals surface area contributed by atoms with E-state index < -0.39 is 5.79 Å². The van der Waals surface area contributed by atoms with Crippen molar-refractivity contribution >= 4 is 17.3 Å². The average molecular weight is 330 g/mol. The Bertz CT molecular complexity index is 676. The van der Waals surface area contributed by atoms with Crippen LogP contribution in [0.1, 0.15) is 37.3 Å². The number of hydrogen-bond donors (Lipinski definition) is 1. The van der Waals surface area contributed by atoms with Crippen LogP contribution in [0.4, 0.5) is 5.69 Å². The molecule has 2 aromatic carbocycles. The molecule has 2 aliphatic rings. The maximum absolute atomic E-state index is 11.0. The molecule has 1 saturated heterocycles. The largest absolute Gasteiger partial charge is 0.363 e. The molecule has 1 aliphatic carbocycles. The van der Waals surface area contributed by atoms with E-state index in [2.05, 4.69) is 0 Å². The second-order valence-corrected chi connectivity index (χ2v) is 6.88. The summed E-state index contributed by atoms with van der Waals surface area (Å²) >= 11 is 6.04. The van der Waals surface area contributed by atoms with Crippen LogP contribution in [0.25, 0.3) is 0 Å². The Morgan fingerprint density at radius 2 is 1.78 bits per heavy atom. The van der Waals surface area contributed by atoms with Crippen molar-refractivity contribution in [1.29, 1.82) is 0 Å². The highest BCUT2D eigenvalue weighted by Crippen LogP contribution is 2.52. The molecule has 1 heterocycles. The average Bonchev–Trinajstić information content (AvgIpc) is 2.90. The topological polar surface area (TPSA) is 32.7 Å². The second-order valence-electron chi connectivity index (χ2n) is 6.45. The van der Waals surface area contributed by atoms with Crippen molar-refractivity contribution in [2.24, 2.45) is 5.92 Å². The fourth-order valence-electron chi connectivity index (χ4n) is 3.88. The number of benzene rings is 2. The quantitative estimate of drug-likeness (QED) is 0.866. The lowest BCUT2D eigenvalue weighted by atomic mass is 9.77. The van der Waals surface area contributed by atoms with E-state index in [1.807, 2.05) is 59.7 Å².